The Balaban J connectivity index is 1.83. The van der Waals surface area contributed by atoms with E-state index in [0.717, 1.165) is 11.6 Å². The maximum atomic E-state index is 3.89. The van der Waals surface area contributed by atoms with Crippen LogP contribution in [0.2, 0.25) is 23.7 Å². The van der Waals surface area contributed by atoms with E-state index in [0.29, 0.717) is 5.92 Å². The lowest BCUT2D eigenvalue weighted by molar-refractivity contribution is 0.399. The van der Waals surface area contributed by atoms with Crippen molar-refractivity contribution in [1.82, 2.24) is 0 Å². The molecule has 3 unspecified atom stereocenters. The minimum Gasteiger partial charge on any atom is -0.125 e. The summed E-state index contributed by atoms with van der Waals surface area (Å²) in [6.45, 7) is 4.70. The van der Waals surface area contributed by atoms with Gasteiger partial charge in [0.15, 0.2) is 8.07 Å². The molecule has 0 nitrogen and oxygen atoms in total. The minimum atomic E-state index is -1.62. The van der Waals surface area contributed by atoms with E-state index < -0.39 is 8.07 Å². The van der Waals surface area contributed by atoms with Crippen LogP contribution in [0, 0.1) is 17.4 Å². The third kappa shape index (κ3) is 3.20. The predicted octanol–water partition coefficient (Wildman–Crippen LogP) is 4.80. The molecule has 0 spiro atoms. The minimum absolute atomic E-state index is 0.644. The first-order valence-electron chi connectivity index (χ1n) is 9.20. The van der Waals surface area contributed by atoms with Crippen LogP contribution in [-0.4, -0.2) is 15.4 Å². The van der Waals surface area contributed by atoms with Gasteiger partial charge in [-0.15, -0.1) is 11.5 Å². The summed E-state index contributed by atoms with van der Waals surface area (Å²) >= 11 is 0. The van der Waals surface area contributed by atoms with Gasteiger partial charge in [-0.2, -0.15) is 0 Å². The first-order chi connectivity index (χ1) is 10.8. The van der Waals surface area contributed by atoms with E-state index in [2.05, 4.69) is 62.9 Å². The zero-order chi connectivity index (χ0) is 15.4. The quantitative estimate of drug-likeness (QED) is 0.556. The summed E-state index contributed by atoms with van der Waals surface area (Å²) in [6, 6.07) is 13.6. The second-order valence-corrected chi connectivity index (χ2v) is 11.6. The summed E-state index contributed by atoms with van der Waals surface area (Å²) in [7, 11) is 1.03. The lowest BCUT2D eigenvalue weighted by Crippen LogP contribution is -2.45. The van der Waals surface area contributed by atoms with E-state index in [1.165, 1.54) is 49.4 Å². The Labute approximate surface area is 138 Å². The second kappa shape index (κ2) is 7.09. The highest BCUT2D eigenvalue weighted by Crippen LogP contribution is 2.44. The molecule has 22 heavy (non-hydrogen) atoms. The second-order valence-electron chi connectivity index (χ2n) is 7.16. The smallest absolute Gasteiger partial charge is 0.125 e. The first-order valence-corrected chi connectivity index (χ1v) is 11.6. The SMILES string of the molecule is CC[Si](C#CC1CCC2[B]C1CCC2)(CC)c1ccccc1. The zero-order valence-electron chi connectivity index (χ0n) is 14.1. The van der Waals surface area contributed by atoms with Crippen LogP contribution in [0.1, 0.15) is 46.0 Å². The van der Waals surface area contributed by atoms with Gasteiger partial charge in [0.05, 0.1) is 0 Å². The maximum Gasteiger partial charge on any atom is 0.168 e. The Morgan fingerprint density at radius 2 is 1.82 bits per heavy atom. The Morgan fingerprint density at radius 1 is 1.05 bits per heavy atom. The molecule has 3 rings (SSSR count). The molecule has 2 heterocycles. The highest BCUT2D eigenvalue weighted by molar-refractivity contribution is 6.98. The van der Waals surface area contributed by atoms with Crippen LogP contribution >= 0.6 is 0 Å². The number of hydrogen-bond donors (Lipinski definition) is 0. The third-order valence-corrected chi connectivity index (χ3v) is 10.5. The van der Waals surface area contributed by atoms with E-state index in [9.17, 15) is 0 Å². The van der Waals surface area contributed by atoms with Crippen molar-refractivity contribution in [3.63, 3.8) is 0 Å². The molecule has 0 amide bonds. The fraction of sp³-hybridized carbons (Fsp3) is 0.600. The van der Waals surface area contributed by atoms with Gasteiger partial charge in [0.25, 0.3) is 0 Å². The standard InChI is InChI=1S/C20H28BSi/c1-3-22(4-2,19-10-6-5-7-11-19)16-15-17-13-14-18-9-8-12-20(17)21-18/h5-7,10-11,17-18,20H,3-4,8-9,12-14H2,1-2H3. The molecule has 1 aromatic carbocycles. The van der Waals surface area contributed by atoms with Crippen molar-refractivity contribution in [1.29, 1.82) is 0 Å². The number of hydrogen-bond acceptors (Lipinski definition) is 0. The largest absolute Gasteiger partial charge is 0.168 e. The van der Waals surface area contributed by atoms with Crippen molar-refractivity contribution in [3.8, 4) is 11.5 Å². The summed E-state index contributed by atoms with van der Waals surface area (Å²) in [5.74, 6) is 6.14. The van der Waals surface area contributed by atoms with Crippen molar-refractivity contribution in [2.45, 2.75) is 69.7 Å². The molecule has 0 saturated carbocycles. The summed E-state index contributed by atoms with van der Waals surface area (Å²) < 4.78 is 0. The molecular weight excluding hydrogens is 279 g/mol. The molecule has 2 aliphatic rings. The lowest BCUT2D eigenvalue weighted by Gasteiger charge is -2.37. The number of rotatable bonds is 3. The molecule has 2 aliphatic heterocycles. The maximum absolute atomic E-state index is 3.89. The molecule has 2 fully saturated rings. The van der Waals surface area contributed by atoms with Gasteiger partial charge in [-0.05, 0) is 23.7 Å². The van der Waals surface area contributed by atoms with Gasteiger partial charge in [-0.3, -0.25) is 0 Å². The summed E-state index contributed by atoms with van der Waals surface area (Å²) in [6.07, 6.45) is 6.96. The van der Waals surface area contributed by atoms with Crippen LogP contribution in [0.3, 0.4) is 0 Å². The fourth-order valence-electron chi connectivity index (χ4n) is 4.42. The lowest BCUT2D eigenvalue weighted by atomic mass is 9.41. The highest BCUT2D eigenvalue weighted by Gasteiger charge is 2.34. The monoisotopic (exact) mass is 307 g/mol. The highest BCUT2D eigenvalue weighted by atomic mass is 28.3. The predicted molar refractivity (Wildman–Crippen MR) is 100 cm³/mol. The van der Waals surface area contributed by atoms with Crippen LogP contribution in [0.4, 0.5) is 0 Å². The molecular formula is C20H28BSi. The van der Waals surface area contributed by atoms with Gasteiger partial charge in [-0.1, -0.05) is 81.5 Å². The van der Waals surface area contributed by atoms with Crippen LogP contribution in [0.5, 0.6) is 0 Å². The third-order valence-electron chi connectivity index (χ3n) is 6.03. The summed E-state index contributed by atoms with van der Waals surface area (Å²) in [5.41, 5.74) is 3.89. The number of fused-ring (bicyclic) bond motifs is 2. The Hall–Kier alpha value is -0.938. The van der Waals surface area contributed by atoms with Crippen molar-refractivity contribution in [2.75, 3.05) is 0 Å². The van der Waals surface area contributed by atoms with Gasteiger partial charge >= 0.3 is 0 Å². The van der Waals surface area contributed by atoms with E-state index in [4.69, 9.17) is 0 Å². The normalized spacial score (nSPS) is 27.5. The van der Waals surface area contributed by atoms with E-state index in [1.807, 2.05) is 0 Å². The summed E-state index contributed by atoms with van der Waals surface area (Å²) in [5, 5.41) is 1.54. The molecule has 3 atom stereocenters. The average molecular weight is 307 g/mol. The fourth-order valence-corrected chi connectivity index (χ4v) is 7.52. The molecule has 2 saturated heterocycles. The van der Waals surface area contributed by atoms with Gasteiger partial charge in [0.1, 0.15) is 7.28 Å². The molecule has 0 N–H and O–H groups in total. The van der Waals surface area contributed by atoms with Gasteiger partial charge in [0, 0.05) is 5.92 Å². The molecule has 2 heteroatoms. The number of benzene rings is 1. The molecule has 2 bridgehead atoms. The van der Waals surface area contributed by atoms with E-state index in [1.54, 1.807) is 0 Å². The molecule has 0 aliphatic carbocycles. The van der Waals surface area contributed by atoms with Crippen molar-refractivity contribution in [2.24, 2.45) is 5.92 Å². The van der Waals surface area contributed by atoms with Crippen LogP contribution in [-0.2, 0) is 0 Å². The van der Waals surface area contributed by atoms with Crippen molar-refractivity contribution in [3.05, 3.63) is 30.3 Å². The summed E-state index contributed by atoms with van der Waals surface area (Å²) in [4.78, 5) is 0. The van der Waals surface area contributed by atoms with Gasteiger partial charge < -0.3 is 0 Å². The van der Waals surface area contributed by atoms with Gasteiger partial charge in [-0.25, -0.2) is 0 Å². The van der Waals surface area contributed by atoms with Crippen molar-refractivity contribution >= 4 is 20.5 Å². The Bertz CT molecular complexity index is 538. The van der Waals surface area contributed by atoms with Crippen LogP contribution in [0.15, 0.2) is 30.3 Å². The van der Waals surface area contributed by atoms with Crippen LogP contribution in [0.25, 0.3) is 0 Å². The molecule has 115 valence electrons. The average Bonchev–Trinajstić information content (AvgIpc) is 2.59. The van der Waals surface area contributed by atoms with Crippen LogP contribution < -0.4 is 5.19 Å². The molecule has 1 radical (unpaired) electrons. The zero-order valence-corrected chi connectivity index (χ0v) is 15.1. The Kier molecular flexibility index (Phi) is 5.14. The van der Waals surface area contributed by atoms with E-state index in [-0.39, 0.29) is 0 Å². The van der Waals surface area contributed by atoms with Crippen molar-refractivity contribution < 1.29 is 0 Å². The van der Waals surface area contributed by atoms with Gasteiger partial charge in [0.2, 0.25) is 0 Å². The topological polar surface area (TPSA) is 0 Å². The molecule has 0 aromatic heterocycles. The van der Waals surface area contributed by atoms with E-state index >= 15 is 0 Å². The molecule has 1 aromatic rings. The first kappa shape index (κ1) is 15.9. The Morgan fingerprint density at radius 3 is 2.55 bits per heavy atom.